The number of hydrogen-bond donors (Lipinski definition) is 2. The molecule has 0 radical (unpaired) electrons. The summed E-state index contributed by atoms with van der Waals surface area (Å²) in [5.41, 5.74) is 0. The molecule has 2 heterocycles. The first-order chi connectivity index (χ1) is 13.7. The third-order valence-electron chi connectivity index (χ3n) is 5.90. The summed E-state index contributed by atoms with van der Waals surface area (Å²) in [4.78, 5) is 9.56. The van der Waals surface area contributed by atoms with Crippen LogP contribution in [-0.4, -0.2) is 87.4 Å². The Labute approximate surface area is 173 Å². The largest absolute Gasteiger partial charge is 0.377 e. The Hall–Kier alpha value is -0.850. The van der Waals surface area contributed by atoms with Gasteiger partial charge in [0.15, 0.2) is 5.96 Å². The van der Waals surface area contributed by atoms with Crippen LogP contribution < -0.4 is 10.6 Å². The Morgan fingerprint density at radius 3 is 2.36 bits per heavy atom. The molecule has 0 aromatic carbocycles. The fourth-order valence-electron chi connectivity index (χ4n) is 4.13. The molecule has 0 amide bonds. The Bertz CT molecular complexity index is 415. The van der Waals surface area contributed by atoms with Crippen LogP contribution in [0.25, 0.3) is 0 Å². The van der Waals surface area contributed by atoms with Crippen molar-refractivity contribution in [2.75, 3.05) is 59.5 Å². The molecule has 6 nitrogen and oxygen atoms in total. The van der Waals surface area contributed by atoms with Crippen LogP contribution in [-0.2, 0) is 4.74 Å². The number of likely N-dealkylation sites (tertiary alicyclic amines) is 2. The van der Waals surface area contributed by atoms with Gasteiger partial charge in [-0.3, -0.25) is 4.99 Å². The van der Waals surface area contributed by atoms with Crippen LogP contribution in [0.3, 0.4) is 0 Å². The highest BCUT2D eigenvalue weighted by Crippen LogP contribution is 2.11. The van der Waals surface area contributed by atoms with E-state index in [0.717, 1.165) is 38.7 Å². The van der Waals surface area contributed by atoms with Gasteiger partial charge in [-0.05, 0) is 72.0 Å². The normalized spacial score (nSPS) is 20.6. The van der Waals surface area contributed by atoms with Crippen LogP contribution >= 0.6 is 0 Å². The second kappa shape index (κ2) is 14.2. The molecule has 2 saturated heterocycles. The monoisotopic (exact) mass is 395 g/mol. The Morgan fingerprint density at radius 1 is 0.964 bits per heavy atom. The van der Waals surface area contributed by atoms with Gasteiger partial charge in [0.05, 0.1) is 12.7 Å². The fourth-order valence-corrected chi connectivity index (χ4v) is 4.13. The zero-order valence-electron chi connectivity index (χ0n) is 18.7. The number of aliphatic imine (C=N–C) groups is 1. The number of guanidine groups is 1. The minimum Gasteiger partial charge on any atom is -0.377 e. The van der Waals surface area contributed by atoms with Gasteiger partial charge in [0.2, 0.25) is 0 Å². The highest BCUT2D eigenvalue weighted by molar-refractivity contribution is 5.79. The summed E-state index contributed by atoms with van der Waals surface area (Å²) in [5, 5.41) is 7.12. The van der Waals surface area contributed by atoms with Crippen LogP contribution in [0, 0.1) is 0 Å². The molecule has 2 aliphatic heterocycles. The van der Waals surface area contributed by atoms with Crippen molar-refractivity contribution in [1.29, 1.82) is 0 Å². The van der Waals surface area contributed by atoms with Gasteiger partial charge in [-0.1, -0.05) is 12.8 Å². The predicted octanol–water partition coefficient (Wildman–Crippen LogP) is 2.70. The standard InChI is InChI=1S/C22H45N5O/c1-20(2)28-19-18-27-16-10-21(11-17-27)25-22(23-3)24-12-6-4-7-13-26-14-8-5-9-15-26/h20-21H,4-19H2,1-3H3,(H2,23,24,25). The molecule has 2 rings (SSSR count). The molecule has 0 bridgehead atoms. The van der Waals surface area contributed by atoms with Crippen molar-refractivity contribution in [2.24, 2.45) is 4.99 Å². The average molecular weight is 396 g/mol. The highest BCUT2D eigenvalue weighted by atomic mass is 16.5. The molecule has 0 atom stereocenters. The third kappa shape index (κ3) is 10.1. The molecule has 2 aliphatic rings. The summed E-state index contributed by atoms with van der Waals surface area (Å²) in [6.07, 6.45) is 10.8. The van der Waals surface area contributed by atoms with E-state index in [9.17, 15) is 0 Å². The summed E-state index contributed by atoms with van der Waals surface area (Å²) in [6.45, 7) is 13.3. The molecule has 0 unspecified atom stereocenters. The molecule has 0 aliphatic carbocycles. The Balaban J connectivity index is 1.48. The minimum absolute atomic E-state index is 0.332. The van der Waals surface area contributed by atoms with E-state index in [0.29, 0.717) is 12.1 Å². The average Bonchev–Trinajstić information content (AvgIpc) is 2.71. The summed E-state index contributed by atoms with van der Waals surface area (Å²) in [6, 6.07) is 0.535. The lowest BCUT2D eigenvalue weighted by atomic mass is 10.1. The molecule has 6 heteroatoms. The molecule has 2 fully saturated rings. The Kier molecular flexibility index (Phi) is 11.9. The molecule has 2 N–H and O–H groups in total. The maximum absolute atomic E-state index is 5.67. The van der Waals surface area contributed by atoms with Gasteiger partial charge in [0.25, 0.3) is 0 Å². The predicted molar refractivity (Wildman–Crippen MR) is 119 cm³/mol. The number of nitrogens with zero attached hydrogens (tertiary/aromatic N) is 3. The third-order valence-corrected chi connectivity index (χ3v) is 5.90. The van der Waals surface area contributed by atoms with Crippen LogP contribution in [0.4, 0.5) is 0 Å². The minimum atomic E-state index is 0.332. The number of rotatable bonds is 11. The van der Waals surface area contributed by atoms with Crippen molar-refractivity contribution in [2.45, 2.75) is 77.4 Å². The first-order valence-electron chi connectivity index (χ1n) is 11.7. The number of hydrogen-bond acceptors (Lipinski definition) is 4. The highest BCUT2D eigenvalue weighted by Gasteiger charge is 2.19. The molecule has 164 valence electrons. The maximum atomic E-state index is 5.67. The summed E-state index contributed by atoms with van der Waals surface area (Å²) in [5.74, 6) is 0.970. The zero-order valence-corrected chi connectivity index (χ0v) is 18.7. The van der Waals surface area contributed by atoms with E-state index < -0.39 is 0 Å². The van der Waals surface area contributed by atoms with Gasteiger partial charge in [-0.15, -0.1) is 0 Å². The molecule has 0 aromatic heterocycles. The SMILES string of the molecule is CN=C(NCCCCCN1CCCCC1)NC1CCN(CCOC(C)C)CC1. The van der Waals surface area contributed by atoms with Crippen LogP contribution in [0.5, 0.6) is 0 Å². The lowest BCUT2D eigenvalue weighted by molar-refractivity contribution is 0.0532. The number of piperidine rings is 2. The first kappa shape index (κ1) is 23.4. The van der Waals surface area contributed by atoms with E-state index >= 15 is 0 Å². The van der Waals surface area contributed by atoms with Gasteiger partial charge in [0.1, 0.15) is 0 Å². The van der Waals surface area contributed by atoms with Crippen molar-refractivity contribution >= 4 is 5.96 Å². The van der Waals surface area contributed by atoms with Gasteiger partial charge < -0.3 is 25.2 Å². The van der Waals surface area contributed by atoms with Crippen molar-refractivity contribution in [3.05, 3.63) is 0 Å². The van der Waals surface area contributed by atoms with Gasteiger partial charge in [-0.25, -0.2) is 0 Å². The van der Waals surface area contributed by atoms with Gasteiger partial charge in [0, 0.05) is 39.3 Å². The zero-order chi connectivity index (χ0) is 20.0. The second-order valence-corrected chi connectivity index (χ2v) is 8.64. The maximum Gasteiger partial charge on any atom is 0.191 e. The number of nitrogens with one attached hydrogen (secondary N) is 2. The van der Waals surface area contributed by atoms with E-state index in [2.05, 4.69) is 39.3 Å². The first-order valence-corrected chi connectivity index (χ1v) is 11.7. The van der Waals surface area contributed by atoms with Crippen molar-refractivity contribution in [1.82, 2.24) is 20.4 Å². The molecular weight excluding hydrogens is 350 g/mol. The van der Waals surface area contributed by atoms with E-state index in [1.165, 1.54) is 71.0 Å². The van der Waals surface area contributed by atoms with E-state index in [1.54, 1.807) is 0 Å². The smallest absolute Gasteiger partial charge is 0.191 e. The van der Waals surface area contributed by atoms with Gasteiger partial charge in [-0.2, -0.15) is 0 Å². The molecule has 0 spiro atoms. The topological polar surface area (TPSA) is 52.1 Å². The van der Waals surface area contributed by atoms with Gasteiger partial charge >= 0.3 is 0 Å². The quantitative estimate of drug-likeness (QED) is 0.320. The fraction of sp³-hybridized carbons (Fsp3) is 0.955. The number of ether oxygens (including phenoxy) is 1. The van der Waals surface area contributed by atoms with Crippen molar-refractivity contribution in [3.63, 3.8) is 0 Å². The van der Waals surface area contributed by atoms with Crippen LogP contribution in [0.15, 0.2) is 4.99 Å². The van der Waals surface area contributed by atoms with E-state index in [4.69, 9.17) is 4.74 Å². The van der Waals surface area contributed by atoms with Crippen LogP contribution in [0.2, 0.25) is 0 Å². The number of unbranched alkanes of at least 4 members (excludes halogenated alkanes) is 2. The molecular formula is C22H45N5O. The molecule has 0 saturated carbocycles. The van der Waals surface area contributed by atoms with Crippen molar-refractivity contribution < 1.29 is 4.74 Å². The Morgan fingerprint density at radius 2 is 1.68 bits per heavy atom. The summed E-state index contributed by atoms with van der Waals surface area (Å²) >= 11 is 0. The van der Waals surface area contributed by atoms with E-state index in [1.807, 2.05) is 7.05 Å². The summed E-state index contributed by atoms with van der Waals surface area (Å²) in [7, 11) is 1.88. The lowest BCUT2D eigenvalue weighted by Gasteiger charge is -2.33. The van der Waals surface area contributed by atoms with Crippen LogP contribution in [0.1, 0.15) is 65.2 Å². The second-order valence-electron chi connectivity index (χ2n) is 8.64. The van der Waals surface area contributed by atoms with Crippen molar-refractivity contribution in [3.8, 4) is 0 Å². The lowest BCUT2D eigenvalue weighted by Crippen LogP contribution is -2.49. The summed E-state index contributed by atoms with van der Waals surface area (Å²) < 4.78 is 5.67. The molecule has 0 aromatic rings. The molecule has 28 heavy (non-hydrogen) atoms. The van der Waals surface area contributed by atoms with E-state index in [-0.39, 0.29) is 0 Å².